The summed E-state index contributed by atoms with van der Waals surface area (Å²) >= 11 is 3.40. The number of hydrogen-bond donors (Lipinski definition) is 1. The van der Waals surface area contributed by atoms with Crippen LogP contribution < -0.4 is 5.32 Å². The van der Waals surface area contributed by atoms with Crippen molar-refractivity contribution >= 4 is 33.3 Å². The first-order valence-electron chi connectivity index (χ1n) is 7.34. The van der Waals surface area contributed by atoms with E-state index in [1.807, 2.05) is 37.4 Å². The maximum atomic E-state index is 12.2. The summed E-state index contributed by atoms with van der Waals surface area (Å²) in [5.74, 6) is 0.728. The molecule has 4 nitrogen and oxygen atoms in total. The van der Waals surface area contributed by atoms with Crippen molar-refractivity contribution in [2.24, 2.45) is 0 Å². The maximum absolute atomic E-state index is 12.2. The number of nitrogens with one attached hydrogen (secondary N) is 1. The lowest BCUT2D eigenvalue weighted by molar-refractivity contribution is 0.0793. The molecule has 0 bridgehead atoms. The van der Waals surface area contributed by atoms with E-state index < -0.39 is 0 Å². The Kier molecular flexibility index (Phi) is 5.95. The van der Waals surface area contributed by atoms with Gasteiger partial charge in [0.15, 0.2) is 0 Å². The molecular weight excluding hydrogens is 342 g/mol. The number of halogens is 1. The second-order valence-electron chi connectivity index (χ2n) is 5.14. The number of unbranched alkanes of at least 4 members (excludes halogenated alkanes) is 1. The normalized spacial score (nSPS) is 10.3. The number of hydrogen-bond acceptors (Lipinski definition) is 3. The van der Waals surface area contributed by atoms with E-state index in [4.69, 9.17) is 0 Å². The topological polar surface area (TPSA) is 45.2 Å². The number of anilines is 2. The van der Waals surface area contributed by atoms with E-state index in [9.17, 15) is 4.79 Å². The van der Waals surface area contributed by atoms with Crippen LogP contribution in [0.1, 0.15) is 30.1 Å². The average molecular weight is 362 g/mol. The molecular formula is C17H20BrN3O. The van der Waals surface area contributed by atoms with Crippen LogP contribution in [0.2, 0.25) is 0 Å². The van der Waals surface area contributed by atoms with Crippen molar-refractivity contribution in [3.8, 4) is 0 Å². The second-order valence-corrected chi connectivity index (χ2v) is 6.06. The zero-order chi connectivity index (χ0) is 15.9. The Hall–Kier alpha value is -1.88. The van der Waals surface area contributed by atoms with Gasteiger partial charge in [0.05, 0.1) is 5.56 Å². The van der Waals surface area contributed by atoms with Gasteiger partial charge in [0, 0.05) is 29.9 Å². The summed E-state index contributed by atoms with van der Waals surface area (Å²) in [6, 6.07) is 11.5. The van der Waals surface area contributed by atoms with Gasteiger partial charge in [-0.25, -0.2) is 4.98 Å². The van der Waals surface area contributed by atoms with E-state index in [1.54, 1.807) is 17.2 Å². The van der Waals surface area contributed by atoms with Crippen LogP contribution in [-0.4, -0.2) is 29.4 Å². The third kappa shape index (κ3) is 4.56. The minimum absolute atomic E-state index is 0.0103. The lowest BCUT2D eigenvalue weighted by Gasteiger charge is -2.16. The van der Waals surface area contributed by atoms with Crippen molar-refractivity contribution in [1.29, 1.82) is 0 Å². The molecule has 2 aromatic rings. The number of rotatable bonds is 6. The Bertz CT molecular complexity index is 611. The third-order valence-electron chi connectivity index (χ3n) is 3.32. The Morgan fingerprint density at radius 3 is 2.55 bits per heavy atom. The Labute approximate surface area is 139 Å². The molecule has 0 radical (unpaired) electrons. The monoisotopic (exact) mass is 361 g/mol. The van der Waals surface area contributed by atoms with Gasteiger partial charge in [0.1, 0.15) is 5.82 Å². The number of pyridine rings is 1. The van der Waals surface area contributed by atoms with E-state index in [2.05, 4.69) is 33.2 Å². The van der Waals surface area contributed by atoms with Crippen LogP contribution in [0.25, 0.3) is 0 Å². The Morgan fingerprint density at radius 2 is 1.95 bits per heavy atom. The fourth-order valence-electron chi connectivity index (χ4n) is 1.99. The minimum atomic E-state index is 0.0103. The highest BCUT2D eigenvalue weighted by Gasteiger charge is 2.11. The standard InChI is InChI=1S/C17H20BrN3O/c1-3-4-11-21(2)17(22)13-5-10-16(19-12-13)20-15-8-6-14(18)7-9-15/h5-10,12H,3-4,11H2,1-2H3,(H,19,20). The van der Waals surface area contributed by atoms with Crippen LogP contribution in [0.3, 0.4) is 0 Å². The molecule has 0 aliphatic heterocycles. The van der Waals surface area contributed by atoms with Gasteiger partial charge in [-0.05, 0) is 42.8 Å². The molecule has 1 N–H and O–H groups in total. The van der Waals surface area contributed by atoms with Crippen LogP contribution >= 0.6 is 15.9 Å². The van der Waals surface area contributed by atoms with Crippen LogP contribution in [0, 0.1) is 0 Å². The second kappa shape index (κ2) is 7.94. The molecule has 2 rings (SSSR count). The SMILES string of the molecule is CCCCN(C)C(=O)c1ccc(Nc2ccc(Br)cc2)nc1. The molecule has 1 amide bonds. The van der Waals surface area contributed by atoms with E-state index in [0.29, 0.717) is 5.56 Å². The van der Waals surface area contributed by atoms with Gasteiger partial charge in [-0.2, -0.15) is 0 Å². The fraction of sp³-hybridized carbons (Fsp3) is 0.294. The first-order valence-corrected chi connectivity index (χ1v) is 8.13. The summed E-state index contributed by atoms with van der Waals surface area (Å²) < 4.78 is 1.03. The van der Waals surface area contributed by atoms with E-state index in [1.165, 1.54) is 0 Å². The van der Waals surface area contributed by atoms with Gasteiger partial charge >= 0.3 is 0 Å². The van der Waals surface area contributed by atoms with Crippen LogP contribution in [0.15, 0.2) is 47.1 Å². The molecule has 0 saturated heterocycles. The average Bonchev–Trinajstić information content (AvgIpc) is 2.55. The van der Waals surface area contributed by atoms with E-state index in [0.717, 1.165) is 35.4 Å². The minimum Gasteiger partial charge on any atom is -0.342 e. The highest BCUT2D eigenvalue weighted by molar-refractivity contribution is 9.10. The van der Waals surface area contributed by atoms with Crippen LogP contribution in [-0.2, 0) is 0 Å². The fourth-order valence-corrected chi connectivity index (χ4v) is 2.26. The smallest absolute Gasteiger partial charge is 0.255 e. The van der Waals surface area contributed by atoms with Crippen molar-refractivity contribution in [3.05, 3.63) is 52.6 Å². The molecule has 0 aliphatic carbocycles. The number of aromatic nitrogens is 1. The zero-order valence-electron chi connectivity index (χ0n) is 12.8. The van der Waals surface area contributed by atoms with Crippen molar-refractivity contribution in [2.45, 2.75) is 19.8 Å². The van der Waals surface area contributed by atoms with Crippen molar-refractivity contribution in [3.63, 3.8) is 0 Å². The van der Waals surface area contributed by atoms with E-state index >= 15 is 0 Å². The number of amides is 1. The molecule has 1 aromatic heterocycles. The molecule has 116 valence electrons. The number of benzene rings is 1. The lowest BCUT2D eigenvalue weighted by Crippen LogP contribution is -2.27. The van der Waals surface area contributed by atoms with Crippen LogP contribution in [0.5, 0.6) is 0 Å². The summed E-state index contributed by atoms with van der Waals surface area (Å²) in [4.78, 5) is 18.3. The zero-order valence-corrected chi connectivity index (χ0v) is 14.4. The predicted octanol–water partition coefficient (Wildman–Crippen LogP) is 4.46. The molecule has 0 saturated carbocycles. The number of carbonyl (C=O) groups is 1. The molecule has 0 aliphatic rings. The first kappa shape index (κ1) is 16.5. The summed E-state index contributed by atoms with van der Waals surface area (Å²) in [6.45, 7) is 2.89. The van der Waals surface area contributed by atoms with E-state index in [-0.39, 0.29) is 5.91 Å². The lowest BCUT2D eigenvalue weighted by atomic mass is 10.2. The quantitative estimate of drug-likeness (QED) is 0.825. The van der Waals surface area contributed by atoms with Gasteiger partial charge in [-0.3, -0.25) is 4.79 Å². The highest BCUT2D eigenvalue weighted by Crippen LogP contribution is 2.18. The third-order valence-corrected chi connectivity index (χ3v) is 3.85. The van der Waals surface area contributed by atoms with Crippen molar-refractivity contribution in [1.82, 2.24) is 9.88 Å². The summed E-state index contributed by atoms with van der Waals surface area (Å²) in [7, 11) is 1.83. The molecule has 1 heterocycles. The van der Waals surface area contributed by atoms with Crippen molar-refractivity contribution in [2.75, 3.05) is 18.9 Å². The van der Waals surface area contributed by atoms with Gasteiger partial charge in [0.25, 0.3) is 5.91 Å². The Balaban J connectivity index is 2.00. The molecule has 0 spiro atoms. The van der Waals surface area contributed by atoms with Gasteiger partial charge in [-0.1, -0.05) is 29.3 Å². The van der Waals surface area contributed by atoms with Crippen molar-refractivity contribution < 1.29 is 4.79 Å². The summed E-state index contributed by atoms with van der Waals surface area (Å²) in [5.41, 5.74) is 1.56. The number of carbonyl (C=O) groups excluding carboxylic acids is 1. The van der Waals surface area contributed by atoms with Gasteiger partial charge in [-0.15, -0.1) is 0 Å². The molecule has 0 fully saturated rings. The molecule has 5 heteroatoms. The van der Waals surface area contributed by atoms with Gasteiger partial charge in [0.2, 0.25) is 0 Å². The van der Waals surface area contributed by atoms with Crippen LogP contribution in [0.4, 0.5) is 11.5 Å². The molecule has 22 heavy (non-hydrogen) atoms. The molecule has 0 unspecified atom stereocenters. The number of nitrogens with zero attached hydrogens (tertiary/aromatic N) is 2. The predicted molar refractivity (Wildman–Crippen MR) is 93.5 cm³/mol. The summed E-state index contributed by atoms with van der Waals surface area (Å²) in [6.07, 6.45) is 3.71. The highest BCUT2D eigenvalue weighted by atomic mass is 79.9. The molecule has 0 atom stereocenters. The first-order chi connectivity index (χ1) is 10.6. The van der Waals surface area contributed by atoms with Gasteiger partial charge < -0.3 is 10.2 Å². The molecule has 1 aromatic carbocycles. The largest absolute Gasteiger partial charge is 0.342 e. The Morgan fingerprint density at radius 1 is 1.23 bits per heavy atom. The maximum Gasteiger partial charge on any atom is 0.255 e. The summed E-state index contributed by atoms with van der Waals surface area (Å²) in [5, 5.41) is 3.20.